The van der Waals surface area contributed by atoms with Crippen molar-refractivity contribution in [3.05, 3.63) is 0 Å². The van der Waals surface area contributed by atoms with Gasteiger partial charge in [0.1, 0.15) is 0 Å². The molecule has 1 heterocycles. The van der Waals surface area contributed by atoms with Crippen molar-refractivity contribution in [3.63, 3.8) is 0 Å². The second-order valence-corrected chi connectivity index (χ2v) is 7.32. The van der Waals surface area contributed by atoms with Crippen molar-refractivity contribution < 1.29 is 4.74 Å². The highest BCUT2D eigenvalue weighted by molar-refractivity contribution is 5.02. The van der Waals surface area contributed by atoms with E-state index in [-0.39, 0.29) is 0 Å². The minimum absolute atomic E-state index is 0.568. The maximum absolute atomic E-state index is 5.93. The molecule has 3 fully saturated rings. The molecule has 104 valence electrons. The second kappa shape index (κ2) is 5.13. The topological polar surface area (TPSA) is 21.3 Å². The van der Waals surface area contributed by atoms with Gasteiger partial charge in [0.2, 0.25) is 0 Å². The molecule has 2 nitrogen and oxygen atoms in total. The highest BCUT2D eigenvalue weighted by atomic mass is 16.5. The van der Waals surface area contributed by atoms with Crippen LogP contribution in [0.15, 0.2) is 0 Å². The molecule has 2 heteroatoms. The first-order valence-electron chi connectivity index (χ1n) is 8.03. The van der Waals surface area contributed by atoms with Crippen molar-refractivity contribution in [1.82, 2.24) is 5.32 Å². The Balaban J connectivity index is 1.67. The normalized spacial score (nSPS) is 43.2. The van der Waals surface area contributed by atoms with Crippen molar-refractivity contribution >= 4 is 0 Å². The largest absolute Gasteiger partial charge is 0.378 e. The summed E-state index contributed by atoms with van der Waals surface area (Å²) in [6.45, 7) is 6.78. The zero-order valence-corrected chi connectivity index (χ0v) is 12.1. The summed E-state index contributed by atoms with van der Waals surface area (Å²) in [4.78, 5) is 0. The summed E-state index contributed by atoms with van der Waals surface area (Å²) >= 11 is 0. The summed E-state index contributed by atoms with van der Waals surface area (Å²) in [6, 6.07) is 0.616. The fraction of sp³-hybridized carbons (Fsp3) is 1.00. The molecule has 1 saturated heterocycles. The zero-order valence-electron chi connectivity index (χ0n) is 12.1. The Kier molecular flexibility index (Phi) is 3.68. The average Bonchev–Trinajstić information content (AvgIpc) is 3.02. The van der Waals surface area contributed by atoms with Crippen LogP contribution in [0, 0.1) is 17.3 Å². The van der Waals surface area contributed by atoms with Crippen LogP contribution in [0.5, 0.6) is 0 Å². The van der Waals surface area contributed by atoms with Crippen molar-refractivity contribution in [3.8, 4) is 0 Å². The lowest BCUT2D eigenvalue weighted by Crippen LogP contribution is -2.43. The SMILES string of the molecule is CC(C)NCC1(CC2CCCO2)CC2CCC1C2. The Morgan fingerprint density at radius 3 is 2.72 bits per heavy atom. The molecule has 1 aliphatic heterocycles. The first kappa shape index (κ1) is 12.9. The Hall–Kier alpha value is -0.0800. The summed E-state index contributed by atoms with van der Waals surface area (Å²) in [7, 11) is 0. The number of hydrogen-bond donors (Lipinski definition) is 1. The van der Waals surface area contributed by atoms with Gasteiger partial charge in [-0.05, 0) is 55.8 Å². The fourth-order valence-corrected chi connectivity index (χ4v) is 4.76. The molecule has 0 radical (unpaired) electrons. The molecule has 4 atom stereocenters. The fourth-order valence-electron chi connectivity index (χ4n) is 4.76. The van der Waals surface area contributed by atoms with Crippen LogP contribution < -0.4 is 5.32 Å². The molecule has 0 amide bonds. The average molecular weight is 251 g/mol. The van der Waals surface area contributed by atoms with Crippen LogP contribution >= 0.6 is 0 Å². The van der Waals surface area contributed by atoms with E-state index in [0.717, 1.165) is 18.4 Å². The number of hydrogen-bond acceptors (Lipinski definition) is 2. The van der Waals surface area contributed by atoms with Crippen LogP contribution in [-0.4, -0.2) is 25.3 Å². The van der Waals surface area contributed by atoms with Crippen LogP contribution in [0.4, 0.5) is 0 Å². The minimum atomic E-state index is 0.568. The third kappa shape index (κ3) is 2.46. The van der Waals surface area contributed by atoms with E-state index in [2.05, 4.69) is 19.2 Å². The molecule has 2 aliphatic carbocycles. The van der Waals surface area contributed by atoms with E-state index in [1.807, 2.05) is 0 Å². The van der Waals surface area contributed by atoms with Crippen LogP contribution in [0.3, 0.4) is 0 Å². The Labute approximate surface area is 112 Å². The molecule has 0 aromatic rings. The summed E-state index contributed by atoms with van der Waals surface area (Å²) in [6.07, 6.45) is 10.4. The van der Waals surface area contributed by atoms with E-state index < -0.39 is 0 Å². The van der Waals surface area contributed by atoms with Gasteiger partial charge in [0.25, 0.3) is 0 Å². The van der Waals surface area contributed by atoms with E-state index in [1.165, 1.54) is 51.5 Å². The summed E-state index contributed by atoms with van der Waals surface area (Å²) in [5.41, 5.74) is 0.572. The number of rotatable bonds is 5. The lowest BCUT2D eigenvalue weighted by atomic mass is 9.69. The Morgan fingerprint density at radius 1 is 1.28 bits per heavy atom. The van der Waals surface area contributed by atoms with E-state index in [4.69, 9.17) is 4.74 Å². The van der Waals surface area contributed by atoms with Crippen LogP contribution in [0.25, 0.3) is 0 Å². The summed E-state index contributed by atoms with van der Waals surface area (Å²) in [5, 5.41) is 3.73. The van der Waals surface area contributed by atoms with E-state index >= 15 is 0 Å². The highest BCUT2D eigenvalue weighted by Crippen LogP contribution is 2.58. The maximum Gasteiger partial charge on any atom is 0.0581 e. The van der Waals surface area contributed by atoms with E-state index in [9.17, 15) is 0 Å². The lowest BCUT2D eigenvalue weighted by molar-refractivity contribution is 0.0329. The Morgan fingerprint density at radius 2 is 2.17 bits per heavy atom. The second-order valence-electron chi connectivity index (χ2n) is 7.32. The first-order chi connectivity index (χ1) is 8.68. The van der Waals surface area contributed by atoms with Crippen LogP contribution in [0.1, 0.15) is 58.8 Å². The third-order valence-corrected chi connectivity index (χ3v) is 5.62. The molecule has 1 N–H and O–H groups in total. The van der Waals surface area contributed by atoms with E-state index in [0.29, 0.717) is 17.6 Å². The van der Waals surface area contributed by atoms with Crippen molar-refractivity contribution in [1.29, 1.82) is 0 Å². The molecule has 0 aromatic heterocycles. The van der Waals surface area contributed by atoms with Crippen molar-refractivity contribution in [2.75, 3.05) is 13.2 Å². The minimum Gasteiger partial charge on any atom is -0.378 e. The van der Waals surface area contributed by atoms with Gasteiger partial charge in [0.05, 0.1) is 6.10 Å². The quantitative estimate of drug-likeness (QED) is 0.809. The molecule has 2 bridgehead atoms. The van der Waals surface area contributed by atoms with Gasteiger partial charge in [-0.2, -0.15) is 0 Å². The molecule has 3 aliphatic rings. The standard InChI is InChI=1S/C16H29NO/c1-12(2)17-11-16(10-15-4-3-7-18-15)9-13-5-6-14(16)8-13/h12-15,17H,3-11H2,1-2H3. The Bertz CT molecular complexity index is 285. The lowest BCUT2D eigenvalue weighted by Gasteiger charge is -2.40. The van der Waals surface area contributed by atoms with Gasteiger partial charge in [0, 0.05) is 19.2 Å². The molecule has 3 rings (SSSR count). The van der Waals surface area contributed by atoms with Crippen molar-refractivity contribution in [2.24, 2.45) is 17.3 Å². The van der Waals surface area contributed by atoms with Crippen LogP contribution in [0.2, 0.25) is 0 Å². The van der Waals surface area contributed by atoms with Gasteiger partial charge in [-0.15, -0.1) is 0 Å². The highest BCUT2D eigenvalue weighted by Gasteiger charge is 2.51. The molecular weight excluding hydrogens is 222 g/mol. The molecular formula is C16H29NO. The molecule has 0 aromatic carbocycles. The first-order valence-corrected chi connectivity index (χ1v) is 8.03. The predicted molar refractivity (Wildman–Crippen MR) is 74.6 cm³/mol. The maximum atomic E-state index is 5.93. The molecule has 18 heavy (non-hydrogen) atoms. The van der Waals surface area contributed by atoms with Gasteiger partial charge in [-0.1, -0.05) is 20.3 Å². The number of nitrogens with one attached hydrogen (secondary N) is 1. The number of ether oxygens (including phenoxy) is 1. The molecule has 0 spiro atoms. The van der Waals surface area contributed by atoms with Crippen molar-refractivity contribution in [2.45, 2.75) is 70.9 Å². The van der Waals surface area contributed by atoms with Gasteiger partial charge in [0.15, 0.2) is 0 Å². The smallest absolute Gasteiger partial charge is 0.0581 e. The van der Waals surface area contributed by atoms with Gasteiger partial charge >= 0.3 is 0 Å². The molecule has 2 saturated carbocycles. The predicted octanol–water partition coefficient (Wildman–Crippen LogP) is 3.36. The van der Waals surface area contributed by atoms with Gasteiger partial charge in [-0.3, -0.25) is 0 Å². The third-order valence-electron chi connectivity index (χ3n) is 5.62. The van der Waals surface area contributed by atoms with Gasteiger partial charge in [-0.25, -0.2) is 0 Å². The molecule has 4 unspecified atom stereocenters. The van der Waals surface area contributed by atoms with Gasteiger partial charge < -0.3 is 10.1 Å². The zero-order chi connectivity index (χ0) is 12.6. The summed E-state index contributed by atoms with van der Waals surface area (Å²) < 4.78 is 5.93. The summed E-state index contributed by atoms with van der Waals surface area (Å²) in [5.74, 6) is 2.02. The van der Waals surface area contributed by atoms with E-state index in [1.54, 1.807) is 0 Å². The monoisotopic (exact) mass is 251 g/mol. The number of fused-ring (bicyclic) bond motifs is 2. The van der Waals surface area contributed by atoms with Crippen LogP contribution in [-0.2, 0) is 4.74 Å².